The molecule has 0 spiro atoms. The van der Waals surface area contributed by atoms with Gasteiger partial charge >= 0.3 is 0 Å². The van der Waals surface area contributed by atoms with Crippen molar-refractivity contribution in [1.82, 2.24) is 9.55 Å². The minimum atomic E-state index is -0.303. The Morgan fingerprint density at radius 2 is 2.10 bits per heavy atom. The average molecular weight is 300 g/mol. The summed E-state index contributed by atoms with van der Waals surface area (Å²) in [6.45, 7) is 7.28. The van der Waals surface area contributed by atoms with Gasteiger partial charge in [-0.25, -0.2) is 4.98 Å². The molecular weight excluding hydrogens is 278 g/mol. The van der Waals surface area contributed by atoms with Crippen LogP contribution in [0.15, 0.2) is 17.2 Å². The minimum Gasteiger partial charge on any atom is -0.381 e. The first kappa shape index (κ1) is 15.3. The first-order chi connectivity index (χ1) is 9.38. The van der Waals surface area contributed by atoms with Crippen molar-refractivity contribution in [2.45, 2.75) is 44.7 Å². The summed E-state index contributed by atoms with van der Waals surface area (Å²) in [6, 6.07) is 0. The Hall–Kier alpha value is -1.07. The van der Waals surface area contributed by atoms with Crippen LogP contribution in [0.25, 0.3) is 0 Å². The summed E-state index contributed by atoms with van der Waals surface area (Å²) in [5.74, 6) is 0.798. The number of ether oxygens (including phenoxy) is 1. The molecule has 112 valence electrons. The van der Waals surface area contributed by atoms with Crippen LogP contribution >= 0.6 is 11.6 Å². The normalized spacial score (nSPS) is 18.8. The van der Waals surface area contributed by atoms with Crippen LogP contribution in [0, 0.1) is 0 Å². The highest BCUT2D eigenvalue weighted by molar-refractivity contribution is 6.18. The zero-order valence-electron chi connectivity index (χ0n) is 12.3. The van der Waals surface area contributed by atoms with E-state index in [0.29, 0.717) is 24.9 Å². The van der Waals surface area contributed by atoms with Crippen LogP contribution < -0.4 is 10.9 Å². The Morgan fingerprint density at radius 3 is 2.65 bits per heavy atom. The fraction of sp³-hybridized carbons (Fsp3) is 0.714. The fourth-order valence-electron chi connectivity index (χ4n) is 2.33. The maximum absolute atomic E-state index is 12.5. The molecule has 1 aliphatic rings. The van der Waals surface area contributed by atoms with E-state index in [1.165, 1.54) is 0 Å². The molecule has 1 fully saturated rings. The van der Waals surface area contributed by atoms with Gasteiger partial charge in [0.1, 0.15) is 0 Å². The van der Waals surface area contributed by atoms with Gasteiger partial charge in [-0.3, -0.25) is 4.79 Å². The molecule has 1 N–H and O–H groups in total. The number of halogens is 1. The minimum absolute atomic E-state index is 0.115. The van der Waals surface area contributed by atoms with E-state index < -0.39 is 0 Å². The van der Waals surface area contributed by atoms with Crippen molar-refractivity contribution in [2.24, 2.45) is 0 Å². The van der Waals surface area contributed by atoms with Crippen molar-refractivity contribution in [3.63, 3.8) is 0 Å². The second kappa shape index (κ2) is 5.74. The highest BCUT2D eigenvalue weighted by Crippen LogP contribution is 2.25. The second-order valence-corrected chi connectivity index (χ2v) is 6.54. The Kier molecular flexibility index (Phi) is 4.39. The molecule has 1 saturated heterocycles. The van der Waals surface area contributed by atoms with Crippen LogP contribution in [0.5, 0.6) is 0 Å². The third-order valence-electron chi connectivity index (χ3n) is 3.65. The number of aromatic nitrogens is 2. The van der Waals surface area contributed by atoms with E-state index in [0.717, 1.165) is 12.8 Å². The predicted molar refractivity (Wildman–Crippen MR) is 80.6 cm³/mol. The van der Waals surface area contributed by atoms with Crippen LogP contribution in [0.2, 0.25) is 0 Å². The summed E-state index contributed by atoms with van der Waals surface area (Å²) in [5, 5.41) is 3.27. The van der Waals surface area contributed by atoms with Crippen LogP contribution in [-0.2, 0) is 10.3 Å². The number of alkyl halides is 1. The molecule has 6 heteroatoms. The van der Waals surface area contributed by atoms with Gasteiger partial charge in [-0.1, -0.05) is 0 Å². The van der Waals surface area contributed by atoms with Gasteiger partial charge in [0.15, 0.2) is 5.82 Å². The summed E-state index contributed by atoms with van der Waals surface area (Å²) in [5.41, 5.74) is -0.695. The summed E-state index contributed by atoms with van der Waals surface area (Å²) in [6.07, 6.45) is 4.92. The largest absolute Gasteiger partial charge is 0.381 e. The van der Waals surface area contributed by atoms with Crippen molar-refractivity contribution in [1.29, 1.82) is 0 Å². The van der Waals surface area contributed by atoms with E-state index in [-0.39, 0.29) is 16.6 Å². The standard InChI is InChI=1S/C14H22ClN3O2/c1-13(2,3)18-7-6-16-11(12(18)19)17-14(10-15)4-8-20-9-5-14/h6-7H,4-5,8-10H2,1-3H3,(H,16,17). The van der Waals surface area contributed by atoms with Crippen LogP contribution in [0.4, 0.5) is 5.82 Å². The van der Waals surface area contributed by atoms with E-state index in [1.54, 1.807) is 17.0 Å². The van der Waals surface area contributed by atoms with E-state index >= 15 is 0 Å². The number of rotatable bonds is 3. The third-order valence-corrected chi connectivity index (χ3v) is 4.16. The van der Waals surface area contributed by atoms with Crippen molar-refractivity contribution >= 4 is 17.4 Å². The van der Waals surface area contributed by atoms with Gasteiger partial charge in [-0.2, -0.15) is 0 Å². The van der Waals surface area contributed by atoms with Gasteiger partial charge in [-0.15, -0.1) is 11.6 Å². The monoisotopic (exact) mass is 299 g/mol. The molecule has 0 atom stereocenters. The highest BCUT2D eigenvalue weighted by atomic mass is 35.5. The number of hydrogen-bond donors (Lipinski definition) is 1. The topological polar surface area (TPSA) is 56.1 Å². The lowest BCUT2D eigenvalue weighted by atomic mass is 9.92. The molecule has 0 unspecified atom stereocenters. The highest BCUT2D eigenvalue weighted by Gasteiger charge is 2.33. The van der Waals surface area contributed by atoms with Gasteiger partial charge in [0, 0.05) is 37.0 Å². The summed E-state index contributed by atoms with van der Waals surface area (Å²) < 4.78 is 7.05. The lowest BCUT2D eigenvalue weighted by molar-refractivity contribution is 0.0666. The maximum atomic E-state index is 12.5. The van der Waals surface area contributed by atoms with Crippen molar-refractivity contribution in [3.8, 4) is 0 Å². The molecule has 2 heterocycles. The molecular formula is C14H22ClN3O2. The second-order valence-electron chi connectivity index (χ2n) is 6.27. The Balaban J connectivity index is 2.32. The van der Waals surface area contributed by atoms with Crippen molar-refractivity contribution < 1.29 is 4.74 Å². The zero-order chi connectivity index (χ0) is 14.8. The van der Waals surface area contributed by atoms with Gasteiger partial charge in [-0.05, 0) is 33.6 Å². The third kappa shape index (κ3) is 3.15. The van der Waals surface area contributed by atoms with Crippen LogP contribution in [0.1, 0.15) is 33.6 Å². The SMILES string of the molecule is CC(C)(C)n1ccnc(NC2(CCl)CCOCC2)c1=O. The van der Waals surface area contributed by atoms with Crippen molar-refractivity contribution in [2.75, 3.05) is 24.4 Å². The molecule has 1 aliphatic heterocycles. The summed E-state index contributed by atoms with van der Waals surface area (Å²) in [7, 11) is 0. The first-order valence-electron chi connectivity index (χ1n) is 6.88. The zero-order valence-corrected chi connectivity index (χ0v) is 13.0. The van der Waals surface area contributed by atoms with E-state index in [4.69, 9.17) is 16.3 Å². The lowest BCUT2D eigenvalue weighted by Gasteiger charge is -2.36. The maximum Gasteiger partial charge on any atom is 0.293 e. The van der Waals surface area contributed by atoms with Crippen LogP contribution in [0.3, 0.4) is 0 Å². The quantitative estimate of drug-likeness (QED) is 0.869. The Bertz CT molecular complexity index is 516. The van der Waals surface area contributed by atoms with Gasteiger partial charge < -0.3 is 14.6 Å². The predicted octanol–water partition coefficient (Wildman–Crippen LogP) is 2.20. The van der Waals surface area contributed by atoms with Crippen molar-refractivity contribution in [3.05, 3.63) is 22.7 Å². The molecule has 0 saturated carbocycles. The Morgan fingerprint density at radius 1 is 1.45 bits per heavy atom. The van der Waals surface area contributed by atoms with E-state index in [9.17, 15) is 4.79 Å². The Labute approximate surface area is 124 Å². The molecule has 20 heavy (non-hydrogen) atoms. The van der Waals surface area contributed by atoms with Gasteiger partial charge in [0.25, 0.3) is 5.56 Å². The molecule has 0 radical (unpaired) electrons. The molecule has 0 aromatic carbocycles. The van der Waals surface area contributed by atoms with Gasteiger partial charge in [0.05, 0.1) is 5.54 Å². The summed E-state index contributed by atoms with van der Waals surface area (Å²) in [4.78, 5) is 16.7. The molecule has 2 rings (SSSR count). The summed E-state index contributed by atoms with van der Waals surface area (Å²) >= 11 is 6.11. The molecule has 0 bridgehead atoms. The smallest absolute Gasteiger partial charge is 0.293 e. The average Bonchev–Trinajstić information content (AvgIpc) is 2.41. The fourth-order valence-corrected chi connectivity index (χ4v) is 2.66. The lowest BCUT2D eigenvalue weighted by Crippen LogP contribution is -2.48. The first-order valence-corrected chi connectivity index (χ1v) is 7.41. The number of nitrogens with zero attached hydrogens (tertiary/aromatic N) is 2. The van der Waals surface area contributed by atoms with E-state index in [1.807, 2.05) is 20.8 Å². The van der Waals surface area contributed by atoms with Crippen LogP contribution in [-0.4, -0.2) is 34.2 Å². The van der Waals surface area contributed by atoms with Gasteiger partial charge in [0.2, 0.25) is 0 Å². The molecule has 1 aromatic rings. The number of nitrogens with one attached hydrogen (secondary N) is 1. The molecule has 0 amide bonds. The molecule has 0 aliphatic carbocycles. The number of hydrogen-bond acceptors (Lipinski definition) is 4. The molecule has 5 nitrogen and oxygen atoms in total. The van der Waals surface area contributed by atoms with E-state index in [2.05, 4.69) is 10.3 Å². The molecule has 1 aromatic heterocycles. The number of anilines is 1.